The Morgan fingerprint density at radius 2 is 1.77 bits per heavy atom. The monoisotopic (exact) mass is 194 g/mol. The molecule has 1 nitrogen and oxygen atoms in total. The predicted octanol–water partition coefficient (Wildman–Crippen LogP) is 2.71. The molecule has 0 N–H and O–H groups in total. The van der Waals surface area contributed by atoms with Gasteiger partial charge >= 0.3 is 6.30 Å². The number of hydrogen-bond donors (Lipinski definition) is 0. The van der Waals surface area contributed by atoms with Gasteiger partial charge in [-0.2, -0.15) is 0 Å². The molecule has 0 aliphatic rings. The Hall–Kier alpha value is -0.770. The average molecular weight is 194 g/mol. The van der Waals surface area contributed by atoms with Gasteiger partial charge in [-0.25, -0.2) is 4.48 Å². The van der Waals surface area contributed by atoms with Crippen LogP contribution in [-0.4, -0.2) is 30.9 Å². The van der Waals surface area contributed by atoms with Crippen molar-refractivity contribution in [1.29, 1.82) is 0 Å². The van der Waals surface area contributed by atoms with Crippen LogP contribution in [0.5, 0.6) is 0 Å². The second kappa shape index (κ2) is 4.46. The van der Waals surface area contributed by atoms with E-state index in [1.807, 2.05) is 0 Å². The third-order valence-electron chi connectivity index (χ3n) is 1.97. The molecule has 0 aromatic rings. The summed E-state index contributed by atoms with van der Waals surface area (Å²) in [5.41, 5.74) is 0. The molecule has 0 amide bonds. The quantitative estimate of drug-likeness (QED) is 0.358. The van der Waals surface area contributed by atoms with Crippen LogP contribution in [0.25, 0.3) is 0 Å². The summed E-state index contributed by atoms with van der Waals surface area (Å²) in [6.45, 7) is 6.64. The minimum absolute atomic E-state index is 0.0129. The highest BCUT2D eigenvalue weighted by Crippen LogP contribution is 2.28. The molecule has 0 aliphatic heterocycles. The standard InChI is InChI=1S/C9H15F3N/c1-4-6-8-13(3,7-5-2)9(10,11)12/h4-5H,1-2,6-8H2,3H3/q+1. The third kappa shape index (κ3) is 3.22. The molecule has 0 aromatic carbocycles. The smallest absolute Gasteiger partial charge is 0.230 e. The summed E-state index contributed by atoms with van der Waals surface area (Å²) in [7, 11) is 1.16. The van der Waals surface area contributed by atoms with Crippen LogP contribution in [0.3, 0.4) is 0 Å². The Balaban J connectivity index is 4.51. The molecule has 1 unspecified atom stereocenters. The third-order valence-corrected chi connectivity index (χ3v) is 1.97. The van der Waals surface area contributed by atoms with E-state index in [0.717, 1.165) is 7.05 Å². The van der Waals surface area contributed by atoms with E-state index in [-0.39, 0.29) is 13.1 Å². The van der Waals surface area contributed by atoms with Crippen LogP contribution in [0, 0.1) is 0 Å². The van der Waals surface area contributed by atoms with Crippen molar-refractivity contribution in [3.63, 3.8) is 0 Å². The Morgan fingerprint density at radius 1 is 1.23 bits per heavy atom. The average Bonchev–Trinajstić information content (AvgIpc) is 1.99. The second-order valence-electron chi connectivity index (χ2n) is 3.14. The van der Waals surface area contributed by atoms with E-state index < -0.39 is 10.8 Å². The van der Waals surface area contributed by atoms with Gasteiger partial charge in [0.2, 0.25) is 0 Å². The van der Waals surface area contributed by atoms with Crippen molar-refractivity contribution in [2.24, 2.45) is 0 Å². The summed E-state index contributed by atoms with van der Waals surface area (Å²) >= 11 is 0. The van der Waals surface area contributed by atoms with Gasteiger partial charge in [-0.3, -0.25) is 0 Å². The molecule has 1 atom stereocenters. The number of likely N-dealkylation sites (N-methyl/N-ethyl adjacent to an activating group) is 1. The highest BCUT2D eigenvalue weighted by molar-refractivity contribution is 4.69. The Morgan fingerprint density at radius 3 is 2.08 bits per heavy atom. The lowest BCUT2D eigenvalue weighted by atomic mass is 10.3. The topological polar surface area (TPSA) is 0 Å². The van der Waals surface area contributed by atoms with Gasteiger partial charge < -0.3 is 0 Å². The number of halogens is 3. The molecular formula is C9H15F3N+. The minimum atomic E-state index is -4.22. The Kier molecular flexibility index (Phi) is 4.20. The molecule has 0 fully saturated rings. The zero-order chi connectivity index (χ0) is 10.5. The molecule has 0 rings (SSSR count). The zero-order valence-electron chi connectivity index (χ0n) is 7.77. The maximum absolute atomic E-state index is 12.5. The molecule has 13 heavy (non-hydrogen) atoms. The van der Waals surface area contributed by atoms with Crippen molar-refractivity contribution < 1.29 is 17.7 Å². The fourth-order valence-electron chi connectivity index (χ4n) is 0.983. The summed E-state index contributed by atoms with van der Waals surface area (Å²) < 4.78 is 36.5. The van der Waals surface area contributed by atoms with Crippen LogP contribution in [0.4, 0.5) is 13.2 Å². The molecule has 0 aliphatic carbocycles. The van der Waals surface area contributed by atoms with Crippen LogP contribution < -0.4 is 0 Å². The van der Waals surface area contributed by atoms with E-state index in [1.54, 1.807) is 0 Å². The van der Waals surface area contributed by atoms with Crippen LogP contribution in [0.1, 0.15) is 6.42 Å². The van der Waals surface area contributed by atoms with Crippen molar-refractivity contribution in [2.45, 2.75) is 12.7 Å². The van der Waals surface area contributed by atoms with E-state index in [1.165, 1.54) is 12.2 Å². The lowest BCUT2D eigenvalue weighted by Gasteiger charge is -2.33. The summed E-state index contributed by atoms with van der Waals surface area (Å²) in [4.78, 5) is 0. The van der Waals surface area contributed by atoms with Crippen molar-refractivity contribution in [1.82, 2.24) is 0 Å². The van der Waals surface area contributed by atoms with Crippen molar-refractivity contribution in [3.05, 3.63) is 25.3 Å². The molecule has 0 saturated carbocycles. The molecule has 76 valence electrons. The molecule has 0 radical (unpaired) electrons. The first-order chi connectivity index (χ1) is 5.87. The van der Waals surface area contributed by atoms with E-state index in [2.05, 4.69) is 13.2 Å². The first kappa shape index (κ1) is 12.2. The fraction of sp³-hybridized carbons (Fsp3) is 0.556. The largest absolute Gasteiger partial charge is 0.561 e. The van der Waals surface area contributed by atoms with E-state index >= 15 is 0 Å². The van der Waals surface area contributed by atoms with Crippen molar-refractivity contribution in [3.8, 4) is 0 Å². The normalized spacial score (nSPS) is 16.3. The number of nitrogens with zero attached hydrogens (tertiary/aromatic N) is 1. The maximum atomic E-state index is 12.5. The zero-order valence-corrected chi connectivity index (χ0v) is 7.77. The Labute approximate surface area is 76.7 Å². The molecule has 0 spiro atoms. The van der Waals surface area contributed by atoms with Gasteiger partial charge in [0.25, 0.3) is 0 Å². The number of rotatable bonds is 5. The summed E-state index contributed by atoms with van der Waals surface area (Å²) in [5, 5.41) is 0. The van der Waals surface area contributed by atoms with E-state index in [9.17, 15) is 13.2 Å². The highest BCUT2D eigenvalue weighted by atomic mass is 19.4. The van der Waals surface area contributed by atoms with Gasteiger partial charge in [-0.15, -0.1) is 19.8 Å². The summed E-state index contributed by atoms with van der Waals surface area (Å²) in [6, 6.07) is 0. The first-order valence-corrected chi connectivity index (χ1v) is 4.00. The van der Waals surface area contributed by atoms with Crippen LogP contribution in [0.15, 0.2) is 25.3 Å². The fourth-order valence-corrected chi connectivity index (χ4v) is 0.983. The molecule has 0 bridgehead atoms. The molecule has 4 heteroatoms. The summed E-state index contributed by atoms with van der Waals surface area (Å²) in [6.07, 6.45) is -1.09. The predicted molar refractivity (Wildman–Crippen MR) is 47.0 cm³/mol. The van der Waals surface area contributed by atoms with E-state index in [4.69, 9.17) is 0 Å². The minimum Gasteiger partial charge on any atom is -0.230 e. The highest BCUT2D eigenvalue weighted by Gasteiger charge is 2.50. The number of quaternary nitrogens is 1. The lowest BCUT2D eigenvalue weighted by molar-refractivity contribution is -1.01. The molecule has 0 aromatic heterocycles. The number of hydrogen-bond acceptors (Lipinski definition) is 0. The van der Waals surface area contributed by atoms with Gasteiger partial charge in [0.05, 0.1) is 13.6 Å². The summed E-state index contributed by atoms with van der Waals surface area (Å²) in [5.74, 6) is 0. The van der Waals surface area contributed by atoms with Crippen LogP contribution in [0.2, 0.25) is 0 Å². The molecule has 0 heterocycles. The Bertz CT molecular complexity index is 186. The number of alkyl halides is 3. The maximum Gasteiger partial charge on any atom is 0.561 e. The SMILES string of the molecule is C=CCC[N+](C)(CC=C)C(F)(F)F. The van der Waals surface area contributed by atoms with Gasteiger partial charge in [0.15, 0.2) is 0 Å². The van der Waals surface area contributed by atoms with Gasteiger partial charge in [0, 0.05) is 6.42 Å². The van der Waals surface area contributed by atoms with Crippen LogP contribution in [-0.2, 0) is 0 Å². The van der Waals surface area contributed by atoms with Gasteiger partial charge in [0.1, 0.15) is 6.54 Å². The van der Waals surface area contributed by atoms with E-state index in [0.29, 0.717) is 6.42 Å². The lowest BCUT2D eigenvalue weighted by Crippen LogP contribution is -2.55. The second-order valence-corrected chi connectivity index (χ2v) is 3.14. The molecular weight excluding hydrogens is 179 g/mol. The van der Waals surface area contributed by atoms with Gasteiger partial charge in [-0.1, -0.05) is 12.7 Å². The van der Waals surface area contributed by atoms with Crippen molar-refractivity contribution >= 4 is 0 Å². The first-order valence-electron chi connectivity index (χ1n) is 4.00. The molecule has 0 saturated heterocycles. The van der Waals surface area contributed by atoms with Gasteiger partial charge in [-0.05, 0) is 6.08 Å². The van der Waals surface area contributed by atoms with Crippen molar-refractivity contribution in [2.75, 3.05) is 20.1 Å². The van der Waals surface area contributed by atoms with Crippen LogP contribution >= 0.6 is 0 Å².